The Bertz CT molecular complexity index is 807. The van der Waals surface area contributed by atoms with E-state index < -0.39 is 0 Å². The molecule has 0 spiro atoms. The second kappa shape index (κ2) is 9.36. The number of aliphatic imine (C=N–C) groups is 1. The smallest absolute Gasteiger partial charge is 0.167 e. The third-order valence-electron chi connectivity index (χ3n) is 4.99. The van der Waals surface area contributed by atoms with Gasteiger partial charge in [0, 0.05) is 24.2 Å². The van der Waals surface area contributed by atoms with Gasteiger partial charge in [-0.25, -0.2) is 0 Å². The van der Waals surface area contributed by atoms with Crippen molar-refractivity contribution in [1.82, 2.24) is 0 Å². The number of hydrogen-bond acceptors (Lipinski definition) is 4. The number of ketones is 1. The first-order valence-electron chi connectivity index (χ1n) is 9.56. The fraction of sp³-hybridized carbons (Fsp3) is 0.391. The predicted molar refractivity (Wildman–Crippen MR) is 108 cm³/mol. The van der Waals surface area contributed by atoms with Crippen molar-refractivity contribution in [3.8, 4) is 11.5 Å². The van der Waals surface area contributed by atoms with E-state index in [-0.39, 0.29) is 5.78 Å². The van der Waals surface area contributed by atoms with E-state index in [0.29, 0.717) is 23.8 Å². The molecule has 2 aromatic carbocycles. The summed E-state index contributed by atoms with van der Waals surface area (Å²) in [5.74, 6) is 1.49. The number of methoxy groups -OCH3 is 2. The van der Waals surface area contributed by atoms with E-state index in [9.17, 15) is 4.79 Å². The number of hydrogen-bond donors (Lipinski definition) is 0. The molecule has 0 bridgehead atoms. The monoisotopic (exact) mass is 365 g/mol. The van der Waals surface area contributed by atoms with Gasteiger partial charge < -0.3 is 9.47 Å². The Kier molecular flexibility index (Phi) is 6.64. The molecule has 4 nitrogen and oxygen atoms in total. The summed E-state index contributed by atoms with van der Waals surface area (Å²) in [6, 6.07) is 13.6. The molecule has 2 aromatic rings. The lowest BCUT2D eigenvalue weighted by Gasteiger charge is -2.17. The van der Waals surface area contributed by atoms with Crippen LogP contribution in [0.2, 0.25) is 0 Å². The van der Waals surface area contributed by atoms with Crippen LogP contribution in [0.3, 0.4) is 0 Å². The number of nitrogens with zero attached hydrogens (tertiary/aromatic N) is 1. The molecule has 0 saturated heterocycles. The Labute approximate surface area is 161 Å². The van der Waals surface area contributed by atoms with Crippen LogP contribution < -0.4 is 9.47 Å². The van der Waals surface area contributed by atoms with E-state index in [2.05, 4.69) is 0 Å². The van der Waals surface area contributed by atoms with Gasteiger partial charge in [-0.1, -0.05) is 31.4 Å². The molecule has 0 radical (unpaired) electrons. The van der Waals surface area contributed by atoms with E-state index >= 15 is 0 Å². The van der Waals surface area contributed by atoms with Crippen LogP contribution in [0.4, 0.5) is 0 Å². The zero-order valence-electron chi connectivity index (χ0n) is 16.1. The average molecular weight is 365 g/mol. The molecular weight excluding hydrogens is 338 g/mol. The van der Waals surface area contributed by atoms with Crippen molar-refractivity contribution in [2.45, 2.75) is 44.6 Å². The SMILES string of the molecule is COc1cc(/C=N/C2CCCCC2)cc(CC(=O)c2cccc(OC)c2)c1. The van der Waals surface area contributed by atoms with E-state index in [1.165, 1.54) is 32.1 Å². The highest BCUT2D eigenvalue weighted by Crippen LogP contribution is 2.22. The normalized spacial score (nSPS) is 15.0. The molecule has 4 heteroatoms. The first kappa shape index (κ1) is 19.2. The molecule has 0 heterocycles. The molecule has 142 valence electrons. The number of benzene rings is 2. The molecule has 0 unspecified atom stereocenters. The van der Waals surface area contributed by atoms with E-state index in [1.54, 1.807) is 20.3 Å². The first-order chi connectivity index (χ1) is 13.2. The van der Waals surface area contributed by atoms with Crippen LogP contribution in [0.25, 0.3) is 0 Å². The number of Topliss-reactive ketones (excluding diaryl/α,β-unsaturated/α-hetero) is 1. The van der Waals surface area contributed by atoms with Crippen molar-refractivity contribution in [1.29, 1.82) is 0 Å². The fourth-order valence-electron chi connectivity index (χ4n) is 3.49. The number of rotatable bonds is 7. The Morgan fingerprint density at radius 2 is 1.81 bits per heavy atom. The number of carbonyl (C=O) groups is 1. The Morgan fingerprint density at radius 1 is 1.04 bits per heavy atom. The maximum atomic E-state index is 12.7. The Balaban J connectivity index is 1.76. The summed E-state index contributed by atoms with van der Waals surface area (Å²) in [5.41, 5.74) is 2.55. The fourth-order valence-corrected chi connectivity index (χ4v) is 3.49. The minimum Gasteiger partial charge on any atom is -0.497 e. The summed E-state index contributed by atoms with van der Waals surface area (Å²) >= 11 is 0. The highest BCUT2D eigenvalue weighted by molar-refractivity contribution is 5.98. The van der Waals surface area contributed by atoms with Crippen molar-refractivity contribution in [2.24, 2.45) is 4.99 Å². The van der Waals surface area contributed by atoms with Crippen molar-refractivity contribution >= 4 is 12.0 Å². The van der Waals surface area contributed by atoms with Gasteiger partial charge in [-0.2, -0.15) is 0 Å². The molecule has 27 heavy (non-hydrogen) atoms. The third kappa shape index (κ3) is 5.43. The van der Waals surface area contributed by atoms with Gasteiger partial charge in [0.25, 0.3) is 0 Å². The standard InChI is InChI=1S/C23H27NO3/c1-26-21-10-6-7-19(15-21)23(25)14-17-11-18(13-22(12-17)27-2)16-24-20-8-4-3-5-9-20/h6-7,10-13,15-16,20H,3-5,8-9,14H2,1-2H3/b24-16+. The number of carbonyl (C=O) groups excluding carboxylic acids is 1. The van der Waals surface area contributed by atoms with Crippen molar-refractivity contribution < 1.29 is 14.3 Å². The molecule has 0 aliphatic heterocycles. The second-order valence-electron chi connectivity index (χ2n) is 7.02. The summed E-state index contributed by atoms with van der Waals surface area (Å²) in [7, 11) is 3.24. The zero-order valence-corrected chi connectivity index (χ0v) is 16.1. The lowest BCUT2D eigenvalue weighted by Crippen LogP contribution is -2.09. The lowest BCUT2D eigenvalue weighted by atomic mass is 9.96. The van der Waals surface area contributed by atoms with Gasteiger partial charge in [0.2, 0.25) is 0 Å². The molecule has 1 aliphatic rings. The quantitative estimate of drug-likeness (QED) is 0.519. The van der Waals surface area contributed by atoms with Crippen molar-refractivity contribution in [2.75, 3.05) is 14.2 Å². The molecule has 1 fully saturated rings. The van der Waals surface area contributed by atoms with Crippen molar-refractivity contribution in [3.63, 3.8) is 0 Å². The van der Waals surface area contributed by atoms with Crippen LogP contribution in [0.15, 0.2) is 47.5 Å². The molecule has 0 N–H and O–H groups in total. The lowest BCUT2D eigenvalue weighted by molar-refractivity contribution is 0.0992. The van der Waals surface area contributed by atoms with Crippen molar-refractivity contribution in [3.05, 3.63) is 59.2 Å². The number of ether oxygens (including phenoxy) is 2. The molecule has 0 atom stereocenters. The maximum absolute atomic E-state index is 12.7. The van der Waals surface area contributed by atoms with E-state index in [1.807, 2.05) is 42.6 Å². The van der Waals surface area contributed by atoms with Gasteiger partial charge in [-0.15, -0.1) is 0 Å². The predicted octanol–water partition coefficient (Wildman–Crippen LogP) is 4.88. The van der Waals surface area contributed by atoms with Gasteiger partial charge in [0.1, 0.15) is 11.5 Å². The van der Waals surface area contributed by atoms with E-state index in [0.717, 1.165) is 16.9 Å². The summed E-state index contributed by atoms with van der Waals surface area (Å²) < 4.78 is 10.6. The highest BCUT2D eigenvalue weighted by atomic mass is 16.5. The highest BCUT2D eigenvalue weighted by Gasteiger charge is 2.12. The molecule has 0 amide bonds. The van der Waals surface area contributed by atoms with Crippen LogP contribution in [0.5, 0.6) is 11.5 Å². The first-order valence-corrected chi connectivity index (χ1v) is 9.56. The van der Waals surface area contributed by atoms with Crippen LogP contribution in [0, 0.1) is 0 Å². The van der Waals surface area contributed by atoms with Crippen LogP contribution in [-0.4, -0.2) is 32.3 Å². The Hall–Kier alpha value is -2.62. The summed E-state index contributed by atoms with van der Waals surface area (Å²) in [6.45, 7) is 0. The van der Waals surface area contributed by atoms with Gasteiger partial charge in [0.05, 0.1) is 14.2 Å². The van der Waals surface area contributed by atoms with Crippen LogP contribution in [0.1, 0.15) is 53.6 Å². The van der Waals surface area contributed by atoms with E-state index in [4.69, 9.17) is 14.5 Å². The van der Waals surface area contributed by atoms with Gasteiger partial charge >= 0.3 is 0 Å². The molecule has 3 rings (SSSR count). The zero-order chi connectivity index (χ0) is 19.1. The summed E-state index contributed by atoms with van der Waals surface area (Å²) in [4.78, 5) is 17.4. The average Bonchev–Trinajstić information content (AvgIpc) is 2.72. The third-order valence-corrected chi connectivity index (χ3v) is 4.99. The second-order valence-corrected chi connectivity index (χ2v) is 7.02. The molecule has 1 aliphatic carbocycles. The minimum absolute atomic E-state index is 0.0531. The summed E-state index contributed by atoms with van der Waals surface area (Å²) in [6.07, 6.45) is 8.43. The van der Waals surface area contributed by atoms with Crippen LogP contribution >= 0.6 is 0 Å². The van der Waals surface area contributed by atoms with Gasteiger partial charge in [-0.05, 0) is 54.3 Å². The minimum atomic E-state index is 0.0531. The van der Waals surface area contributed by atoms with Gasteiger partial charge in [-0.3, -0.25) is 9.79 Å². The molecule has 0 aromatic heterocycles. The topological polar surface area (TPSA) is 47.9 Å². The largest absolute Gasteiger partial charge is 0.497 e. The summed E-state index contributed by atoms with van der Waals surface area (Å²) in [5, 5.41) is 0. The van der Waals surface area contributed by atoms with Crippen LogP contribution in [-0.2, 0) is 6.42 Å². The Morgan fingerprint density at radius 3 is 2.56 bits per heavy atom. The maximum Gasteiger partial charge on any atom is 0.167 e. The van der Waals surface area contributed by atoms with Gasteiger partial charge in [0.15, 0.2) is 5.78 Å². The molecule has 1 saturated carbocycles. The molecular formula is C23H27NO3.